The Hall–Kier alpha value is -2.00. The number of benzene rings is 2. The minimum absolute atomic E-state index is 0.0908. The summed E-state index contributed by atoms with van der Waals surface area (Å²) in [6.07, 6.45) is 0. The molecule has 0 amide bonds. The van der Waals surface area contributed by atoms with Crippen molar-refractivity contribution in [3.8, 4) is 0 Å². The molecule has 0 aliphatic carbocycles. The highest BCUT2D eigenvalue weighted by Gasteiger charge is 2.17. The van der Waals surface area contributed by atoms with E-state index in [9.17, 15) is 4.79 Å². The van der Waals surface area contributed by atoms with Gasteiger partial charge in [0, 0.05) is 17.8 Å². The van der Waals surface area contributed by atoms with Crippen LogP contribution in [0.3, 0.4) is 0 Å². The maximum Gasteiger partial charge on any atom is 0.335 e. The van der Waals surface area contributed by atoms with Crippen LogP contribution in [0.5, 0.6) is 0 Å². The van der Waals surface area contributed by atoms with E-state index in [0.29, 0.717) is 5.56 Å². The van der Waals surface area contributed by atoms with Crippen LogP contribution in [0.2, 0.25) is 5.02 Å². The Labute approximate surface area is 129 Å². The third kappa shape index (κ3) is 3.19. The van der Waals surface area contributed by atoms with Gasteiger partial charge in [0.05, 0.1) is 11.6 Å². The molecule has 110 valence electrons. The number of rotatable bonds is 4. The van der Waals surface area contributed by atoms with Crippen molar-refractivity contribution in [2.45, 2.75) is 19.9 Å². The molecule has 0 heterocycles. The van der Waals surface area contributed by atoms with Crippen molar-refractivity contribution in [2.75, 3.05) is 11.9 Å². The largest absolute Gasteiger partial charge is 0.478 e. The number of hydrogen-bond acceptors (Lipinski definition) is 2. The summed E-state index contributed by atoms with van der Waals surface area (Å²) in [5.41, 5.74) is 3.27. The molecule has 0 saturated heterocycles. The summed E-state index contributed by atoms with van der Waals surface area (Å²) in [5.74, 6) is -0.911. The summed E-state index contributed by atoms with van der Waals surface area (Å²) in [5, 5.41) is 9.76. The molecule has 0 bridgehead atoms. The van der Waals surface area contributed by atoms with E-state index in [2.05, 4.69) is 11.8 Å². The van der Waals surface area contributed by atoms with E-state index in [-0.39, 0.29) is 6.04 Å². The molecule has 0 fully saturated rings. The fraction of sp³-hybridized carbons (Fsp3) is 0.235. The summed E-state index contributed by atoms with van der Waals surface area (Å²) < 4.78 is 0. The molecular formula is C17H18ClNO2. The third-order valence-electron chi connectivity index (χ3n) is 3.76. The van der Waals surface area contributed by atoms with Crippen LogP contribution in [-0.2, 0) is 0 Å². The van der Waals surface area contributed by atoms with Gasteiger partial charge in [-0.3, -0.25) is 0 Å². The van der Waals surface area contributed by atoms with Crippen molar-refractivity contribution in [3.63, 3.8) is 0 Å². The molecule has 21 heavy (non-hydrogen) atoms. The number of nitrogens with zero attached hydrogens (tertiary/aromatic N) is 1. The molecule has 0 aliphatic rings. The van der Waals surface area contributed by atoms with Gasteiger partial charge in [0.15, 0.2) is 0 Å². The molecular weight excluding hydrogens is 286 g/mol. The number of carboxylic acids is 1. The maximum atomic E-state index is 11.0. The van der Waals surface area contributed by atoms with Gasteiger partial charge < -0.3 is 10.0 Å². The first-order valence-electron chi connectivity index (χ1n) is 6.73. The lowest BCUT2D eigenvalue weighted by Crippen LogP contribution is -2.22. The maximum absolute atomic E-state index is 11.0. The Morgan fingerprint density at radius 3 is 2.48 bits per heavy atom. The van der Waals surface area contributed by atoms with Crippen molar-refractivity contribution >= 4 is 23.3 Å². The Morgan fingerprint density at radius 2 is 1.90 bits per heavy atom. The van der Waals surface area contributed by atoms with E-state index in [1.807, 2.05) is 44.3 Å². The molecule has 0 saturated carbocycles. The number of hydrogen-bond donors (Lipinski definition) is 1. The van der Waals surface area contributed by atoms with Crippen molar-refractivity contribution in [2.24, 2.45) is 0 Å². The summed E-state index contributed by atoms with van der Waals surface area (Å²) in [6.45, 7) is 3.99. The molecule has 0 spiro atoms. The predicted molar refractivity (Wildman–Crippen MR) is 86.4 cm³/mol. The van der Waals surface area contributed by atoms with Gasteiger partial charge in [-0.05, 0) is 49.2 Å². The molecule has 4 heteroatoms. The fourth-order valence-electron chi connectivity index (χ4n) is 2.42. The second-order valence-electron chi connectivity index (χ2n) is 5.11. The van der Waals surface area contributed by atoms with Gasteiger partial charge in [-0.2, -0.15) is 0 Å². The molecule has 0 aromatic heterocycles. The number of carboxylic acid groups (broad SMARTS) is 1. The van der Waals surface area contributed by atoms with Crippen molar-refractivity contribution < 1.29 is 9.90 Å². The van der Waals surface area contributed by atoms with Crippen LogP contribution in [-0.4, -0.2) is 18.1 Å². The molecule has 0 radical (unpaired) electrons. The van der Waals surface area contributed by atoms with Gasteiger partial charge >= 0.3 is 5.97 Å². The van der Waals surface area contributed by atoms with Gasteiger partial charge in [0.25, 0.3) is 0 Å². The first-order chi connectivity index (χ1) is 9.91. The van der Waals surface area contributed by atoms with Crippen LogP contribution >= 0.6 is 11.6 Å². The summed E-state index contributed by atoms with van der Waals surface area (Å²) >= 11 is 6.25. The number of aryl methyl sites for hydroxylation is 1. The van der Waals surface area contributed by atoms with E-state index < -0.39 is 5.97 Å². The molecule has 2 aromatic rings. The van der Waals surface area contributed by atoms with Gasteiger partial charge in [-0.1, -0.05) is 29.8 Å². The average Bonchev–Trinajstić information content (AvgIpc) is 2.46. The zero-order valence-corrected chi connectivity index (χ0v) is 13.1. The lowest BCUT2D eigenvalue weighted by Gasteiger charge is -2.29. The van der Waals surface area contributed by atoms with E-state index in [0.717, 1.165) is 21.8 Å². The highest BCUT2D eigenvalue weighted by Crippen LogP contribution is 2.31. The second-order valence-corrected chi connectivity index (χ2v) is 5.52. The van der Waals surface area contributed by atoms with Gasteiger partial charge in [-0.15, -0.1) is 0 Å². The third-order valence-corrected chi connectivity index (χ3v) is 4.10. The number of carbonyl (C=O) groups is 1. The van der Waals surface area contributed by atoms with Crippen LogP contribution < -0.4 is 4.90 Å². The van der Waals surface area contributed by atoms with Gasteiger partial charge in [0.2, 0.25) is 0 Å². The first kappa shape index (κ1) is 15.4. The zero-order chi connectivity index (χ0) is 15.6. The quantitative estimate of drug-likeness (QED) is 0.901. The van der Waals surface area contributed by atoms with Crippen LogP contribution in [0.1, 0.15) is 34.5 Å². The minimum atomic E-state index is -0.911. The highest BCUT2D eigenvalue weighted by molar-refractivity contribution is 6.31. The Balaban J connectivity index is 2.34. The topological polar surface area (TPSA) is 40.5 Å². The van der Waals surface area contributed by atoms with Crippen LogP contribution in [0.15, 0.2) is 42.5 Å². The van der Waals surface area contributed by atoms with Gasteiger partial charge in [-0.25, -0.2) is 4.79 Å². The summed E-state index contributed by atoms with van der Waals surface area (Å²) in [7, 11) is 1.98. The average molecular weight is 304 g/mol. The molecule has 1 atom stereocenters. The Bertz CT molecular complexity index is 670. The monoisotopic (exact) mass is 303 g/mol. The predicted octanol–water partition coefficient (Wildman–Crippen LogP) is 4.54. The lowest BCUT2D eigenvalue weighted by molar-refractivity contribution is 0.0697. The van der Waals surface area contributed by atoms with Crippen molar-refractivity contribution in [1.29, 1.82) is 0 Å². The molecule has 3 nitrogen and oxygen atoms in total. The number of halogens is 1. The van der Waals surface area contributed by atoms with E-state index >= 15 is 0 Å². The van der Waals surface area contributed by atoms with Crippen LogP contribution in [0.25, 0.3) is 0 Å². The number of aromatic carboxylic acids is 1. The highest BCUT2D eigenvalue weighted by atomic mass is 35.5. The van der Waals surface area contributed by atoms with E-state index in [4.69, 9.17) is 16.7 Å². The van der Waals surface area contributed by atoms with Crippen LogP contribution in [0, 0.1) is 6.92 Å². The smallest absolute Gasteiger partial charge is 0.335 e. The lowest BCUT2D eigenvalue weighted by atomic mass is 10.0. The van der Waals surface area contributed by atoms with Crippen LogP contribution in [0.4, 0.5) is 5.69 Å². The van der Waals surface area contributed by atoms with E-state index in [1.165, 1.54) is 0 Å². The van der Waals surface area contributed by atoms with Crippen molar-refractivity contribution in [3.05, 3.63) is 64.2 Å². The Morgan fingerprint density at radius 1 is 1.24 bits per heavy atom. The SMILES string of the molecule is Cc1cc(C(=O)O)ccc1N(C)C(C)c1ccccc1Cl. The normalized spacial score (nSPS) is 12.0. The first-order valence-corrected chi connectivity index (χ1v) is 7.11. The number of anilines is 1. The van der Waals surface area contributed by atoms with Gasteiger partial charge in [0.1, 0.15) is 0 Å². The second kappa shape index (κ2) is 6.19. The van der Waals surface area contributed by atoms with Crippen molar-refractivity contribution in [1.82, 2.24) is 0 Å². The fourth-order valence-corrected chi connectivity index (χ4v) is 2.71. The zero-order valence-electron chi connectivity index (χ0n) is 12.3. The minimum Gasteiger partial charge on any atom is -0.478 e. The molecule has 1 N–H and O–H groups in total. The summed E-state index contributed by atoms with van der Waals surface area (Å²) in [6, 6.07) is 13.0. The standard InChI is InChI=1S/C17H18ClNO2/c1-11-10-13(17(20)21)8-9-16(11)19(3)12(2)14-6-4-5-7-15(14)18/h4-10,12H,1-3H3,(H,20,21). The molecule has 2 rings (SSSR count). The Kier molecular flexibility index (Phi) is 4.53. The molecule has 1 unspecified atom stereocenters. The summed E-state index contributed by atoms with van der Waals surface area (Å²) in [4.78, 5) is 13.1. The van der Waals surface area contributed by atoms with E-state index in [1.54, 1.807) is 12.1 Å². The molecule has 2 aromatic carbocycles. The molecule has 0 aliphatic heterocycles.